The van der Waals surface area contributed by atoms with Gasteiger partial charge in [-0.3, -0.25) is 4.79 Å². The lowest BCUT2D eigenvalue weighted by molar-refractivity contribution is -0.131. The summed E-state index contributed by atoms with van der Waals surface area (Å²) in [6.07, 6.45) is 4.62. The summed E-state index contributed by atoms with van der Waals surface area (Å²) >= 11 is 1.32. The summed E-state index contributed by atoms with van der Waals surface area (Å²) < 4.78 is 5.52. The van der Waals surface area contributed by atoms with Crippen molar-refractivity contribution >= 4 is 29.3 Å². The maximum absolute atomic E-state index is 12.4. The minimum Gasteiger partial charge on any atom is -0.478 e. The predicted molar refractivity (Wildman–Crippen MR) is 76.9 cm³/mol. The number of hydrogen-bond acceptors (Lipinski definition) is 4. The second kappa shape index (κ2) is 6.67. The van der Waals surface area contributed by atoms with Gasteiger partial charge in [-0.15, -0.1) is 11.3 Å². The van der Waals surface area contributed by atoms with Crippen LogP contribution in [0.15, 0.2) is 17.5 Å². The molecule has 1 atom stereocenters. The second-order valence-electron chi connectivity index (χ2n) is 4.70. The molecule has 0 aliphatic carbocycles. The van der Waals surface area contributed by atoms with E-state index in [0.717, 1.165) is 25.5 Å². The summed E-state index contributed by atoms with van der Waals surface area (Å²) in [5.74, 6) is -1.12. The number of amides is 1. The molecular weight excluding hydrogens is 278 g/mol. The molecule has 1 aliphatic rings. The number of ether oxygens (including phenoxy) is 1. The summed E-state index contributed by atoms with van der Waals surface area (Å²) in [6, 6.07) is 1.75. The van der Waals surface area contributed by atoms with E-state index in [1.807, 2.05) is 0 Å². The van der Waals surface area contributed by atoms with Crippen molar-refractivity contribution in [3.63, 3.8) is 0 Å². The summed E-state index contributed by atoms with van der Waals surface area (Å²) in [5, 5.41) is 10.4. The van der Waals surface area contributed by atoms with E-state index >= 15 is 0 Å². The van der Waals surface area contributed by atoms with Gasteiger partial charge in [0, 0.05) is 26.3 Å². The number of thiophene rings is 1. The van der Waals surface area contributed by atoms with Crippen LogP contribution in [0.3, 0.4) is 0 Å². The molecule has 0 spiro atoms. The minimum atomic E-state index is -1.03. The molecule has 0 aromatic carbocycles. The fourth-order valence-electron chi connectivity index (χ4n) is 2.14. The van der Waals surface area contributed by atoms with Crippen LogP contribution in [0, 0.1) is 0 Å². The van der Waals surface area contributed by atoms with E-state index in [1.165, 1.54) is 17.4 Å². The number of carbonyl (C=O) groups is 2. The van der Waals surface area contributed by atoms with Crippen LogP contribution in [0.2, 0.25) is 0 Å². The molecule has 6 heteroatoms. The van der Waals surface area contributed by atoms with E-state index in [0.29, 0.717) is 17.0 Å². The van der Waals surface area contributed by atoms with Crippen molar-refractivity contribution in [2.24, 2.45) is 0 Å². The fourth-order valence-corrected chi connectivity index (χ4v) is 3.01. The molecule has 0 radical (unpaired) electrons. The van der Waals surface area contributed by atoms with Crippen LogP contribution in [0.25, 0.3) is 6.08 Å². The zero-order valence-corrected chi connectivity index (χ0v) is 12.1. The van der Waals surface area contributed by atoms with Gasteiger partial charge in [-0.25, -0.2) is 4.79 Å². The van der Waals surface area contributed by atoms with E-state index in [-0.39, 0.29) is 12.0 Å². The maximum Gasteiger partial charge on any atom is 0.328 e. The molecule has 1 fully saturated rings. The SMILES string of the molecule is CN(CC1CCCO1)C(=O)c1sccc1C=CC(=O)O. The molecule has 108 valence electrons. The summed E-state index contributed by atoms with van der Waals surface area (Å²) in [6.45, 7) is 1.33. The molecule has 1 aromatic heterocycles. The molecule has 1 aromatic rings. The van der Waals surface area contributed by atoms with Crippen LogP contribution in [-0.2, 0) is 9.53 Å². The van der Waals surface area contributed by atoms with Gasteiger partial charge in [0.15, 0.2) is 0 Å². The zero-order chi connectivity index (χ0) is 14.5. The monoisotopic (exact) mass is 295 g/mol. The lowest BCUT2D eigenvalue weighted by Crippen LogP contribution is -2.33. The first-order chi connectivity index (χ1) is 9.58. The first kappa shape index (κ1) is 14.7. The lowest BCUT2D eigenvalue weighted by atomic mass is 10.2. The smallest absolute Gasteiger partial charge is 0.328 e. The van der Waals surface area contributed by atoms with Crippen LogP contribution in [0.4, 0.5) is 0 Å². The van der Waals surface area contributed by atoms with Crippen LogP contribution in [0.5, 0.6) is 0 Å². The van der Waals surface area contributed by atoms with Gasteiger partial charge in [-0.1, -0.05) is 0 Å². The number of aliphatic carboxylic acids is 1. The molecule has 0 saturated carbocycles. The molecule has 0 bridgehead atoms. The Morgan fingerprint density at radius 2 is 2.40 bits per heavy atom. The average Bonchev–Trinajstić information content (AvgIpc) is 3.06. The van der Waals surface area contributed by atoms with Crippen molar-refractivity contribution in [2.75, 3.05) is 20.2 Å². The quantitative estimate of drug-likeness (QED) is 0.845. The Hall–Kier alpha value is -1.66. The third-order valence-corrected chi connectivity index (χ3v) is 4.06. The Kier molecular flexibility index (Phi) is 4.92. The Balaban J connectivity index is 2.04. The van der Waals surface area contributed by atoms with Crippen molar-refractivity contribution in [2.45, 2.75) is 18.9 Å². The number of carboxylic acid groups (broad SMARTS) is 1. The second-order valence-corrected chi connectivity index (χ2v) is 5.61. The molecule has 1 saturated heterocycles. The van der Waals surface area contributed by atoms with Crippen molar-refractivity contribution in [3.05, 3.63) is 28.0 Å². The maximum atomic E-state index is 12.4. The van der Waals surface area contributed by atoms with Gasteiger partial charge in [0.05, 0.1) is 11.0 Å². The third-order valence-electron chi connectivity index (χ3n) is 3.14. The van der Waals surface area contributed by atoms with Gasteiger partial charge in [0.2, 0.25) is 0 Å². The first-order valence-corrected chi connectivity index (χ1v) is 7.31. The number of likely N-dealkylation sites (N-methyl/N-ethyl adjacent to an activating group) is 1. The highest BCUT2D eigenvalue weighted by molar-refractivity contribution is 7.12. The van der Waals surface area contributed by atoms with E-state index in [2.05, 4.69) is 0 Å². The fraction of sp³-hybridized carbons (Fsp3) is 0.429. The molecule has 2 heterocycles. The summed E-state index contributed by atoms with van der Waals surface area (Å²) in [4.78, 5) is 25.1. The first-order valence-electron chi connectivity index (χ1n) is 6.43. The standard InChI is InChI=1S/C14H17NO4S/c1-15(9-11-3-2-7-19-11)14(18)13-10(6-8-20-13)4-5-12(16)17/h4-6,8,11H,2-3,7,9H2,1H3,(H,16,17). The van der Waals surface area contributed by atoms with Crippen LogP contribution in [-0.4, -0.2) is 48.2 Å². The Bertz CT molecular complexity index is 517. The van der Waals surface area contributed by atoms with Gasteiger partial charge in [0.1, 0.15) is 0 Å². The molecule has 1 amide bonds. The lowest BCUT2D eigenvalue weighted by Gasteiger charge is -2.20. The van der Waals surface area contributed by atoms with Gasteiger partial charge in [-0.2, -0.15) is 0 Å². The highest BCUT2D eigenvalue weighted by atomic mass is 32.1. The van der Waals surface area contributed by atoms with E-state index in [4.69, 9.17) is 9.84 Å². The summed E-state index contributed by atoms with van der Waals surface area (Å²) in [5.41, 5.74) is 0.640. The van der Waals surface area contributed by atoms with Gasteiger partial charge in [-0.05, 0) is 35.9 Å². The molecule has 1 unspecified atom stereocenters. The van der Waals surface area contributed by atoms with Crippen molar-refractivity contribution < 1.29 is 19.4 Å². The number of nitrogens with zero attached hydrogens (tertiary/aromatic N) is 1. The van der Waals surface area contributed by atoms with Crippen molar-refractivity contribution in [3.8, 4) is 0 Å². The van der Waals surface area contributed by atoms with Crippen LogP contribution in [0.1, 0.15) is 28.1 Å². The van der Waals surface area contributed by atoms with Crippen molar-refractivity contribution in [1.29, 1.82) is 0 Å². The zero-order valence-electron chi connectivity index (χ0n) is 11.2. The average molecular weight is 295 g/mol. The Labute approximate surface area is 121 Å². The number of hydrogen-bond donors (Lipinski definition) is 1. The number of carbonyl (C=O) groups excluding carboxylic acids is 1. The largest absolute Gasteiger partial charge is 0.478 e. The Morgan fingerprint density at radius 3 is 3.05 bits per heavy atom. The Morgan fingerprint density at radius 1 is 1.60 bits per heavy atom. The highest BCUT2D eigenvalue weighted by Gasteiger charge is 2.22. The topological polar surface area (TPSA) is 66.8 Å². The van der Waals surface area contributed by atoms with E-state index in [9.17, 15) is 9.59 Å². The number of rotatable bonds is 5. The highest BCUT2D eigenvalue weighted by Crippen LogP contribution is 2.21. The molecule has 1 N–H and O–H groups in total. The van der Waals surface area contributed by atoms with Gasteiger partial charge >= 0.3 is 5.97 Å². The third kappa shape index (κ3) is 3.68. The molecular formula is C14H17NO4S. The predicted octanol–water partition coefficient (Wildman–Crippen LogP) is 2.10. The molecule has 5 nitrogen and oxygen atoms in total. The van der Waals surface area contributed by atoms with E-state index < -0.39 is 5.97 Å². The van der Waals surface area contributed by atoms with Gasteiger partial charge in [0.25, 0.3) is 5.91 Å². The minimum absolute atomic E-state index is 0.0967. The van der Waals surface area contributed by atoms with E-state index in [1.54, 1.807) is 23.4 Å². The molecule has 2 rings (SSSR count). The molecule has 1 aliphatic heterocycles. The van der Waals surface area contributed by atoms with Crippen LogP contribution < -0.4 is 0 Å². The number of carboxylic acids is 1. The van der Waals surface area contributed by atoms with Crippen LogP contribution >= 0.6 is 11.3 Å². The van der Waals surface area contributed by atoms with Crippen molar-refractivity contribution in [1.82, 2.24) is 4.90 Å². The van der Waals surface area contributed by atoms with Gasteiger partial charge < -0.3 is 14.7 Å². The normalized spacial score (nSPS) is 18.6. The molecule has 20 heavy (non-hydrogen) atoms. The summed E-state index contributed by atoms with van der Waals surface area (Å²) in [7, 11) is 1.74.